The summed E-state index contributed by atoms with van der Waals surface area (Å²) in [4.78, 5) is 12.4. The van der Waals surface area contributed by atoms with Gasteiger partial charge in [0.2, 0.25) is 15.9 Å². The lowest BCUT2D eigenvalue weighted by Crippen LogP contribution is -2.33. The van der Waals surface area contributed by atoms with Crippen LogP contribution in [0.3, 0.4) is 0 Å². The van der Waals surface area contributed by atoms with E-state index < -0.39 is 10.0 Å². The van der Waals surface area contributed by atoms with Crippen molar-refractivity contribution in [3.63, 3.8) is 0 Å². The Bertz CT molecular complexity index is 875. The molecule has 0 fully saturated rings. The zero-order valence-corrected chi connectivity index (χ0v) is 17.9. The van der Waals surface area contributed by atoms with E-state index in [2.05, 4.69) is 5.32 Å². The molecule has 5 nitrogen and oxygen atoms in total. The molecular weight excluding hydrogens is 372 g/mol. The van der Waals surface area contributed by atoms with E-state index in [0.29, 0.717) is 12.1 Å². The third kappa shape index (κ3) is 6.37. The Morgan fingerprint density at radius 3 is 2.04 bits per heavy atom. The number of amides is 1. The van der Waals surface area contributed by atoms with Crippen molar-refractivity contribution in [2.75, 3.05) is 17.1 Å². The molecule has 0 bridgehead atoms. The van der Waals surface area contributed by atoms with Crippen molar-refractivity contribution in [2.45, 2.75) is 46.1 Å². The Morgan fingerprint density at radius 2 is 1.54 bits per heavy atom. The molecule has 1 N–H and O–H groups in total. The summed E-state index contributed by atoms with van der Waals surface area (Å²) >= 11 is 0. The maximum atomic E-state index is 12.4. The number of sulfonamides is 1. The summed E-state index contributed by atoms with van der Waals surface area (Å²) in [6, 6.07) is 15.5. The monoisotopic (exact) mass is 402 g/mol. The summed E-state index contributed by atoms with van der Waals surface area (Å²) < 4.78 is 25.7. The van der Waals surface area contributed by atoms with Crippen LogP contribution < -0.4 is 9.62 Å². The van der Waals surface area contributed by atoms with Crippen LogP contribution in [0.15, 0.2) is 48.5 Å². The number of rotatable bonds is 9. The summed E-state index contributed by atoms with van der Waals surface area (Å²) in [6.45, 7) is 6.30. The van der Waals surface area contributed by atoms with E-state index in [-0.39, 0.29) is 24.9 Å². The van der Waals surface area contributed by atoms with Crippen LogP contribution in [-0.2, 0) is 14.8 Å². The lowest BCUT2D eigenvalue weighted by atomic mass is 10.0. The van der Waals surface area contributed by atoms with Gasteiger partial charge < -0.3 is 5.32 Å². The largest absolute Gasteiger partial charge is 0.349 e. The number of carbonyl (C=O) groups is 1. The molecule has 0 radical (unpaired) electrons. The van der Waals surface area contributed by atoms with Crippen LogP contribution in [0.5, 0.6) is 0 Å². The summed E-state index contributed by atoms with van der Waals surface area (Å²) in [5.41, 5.74) is 3.96. The van der Waals surface area contributed by atoms with Crippen molar-refractivity contribution in [2.24, 2.45) is 0 Å². The van der Waals surface area contributed by atoms with Crippen LogP contribution in [0.4, 0.5) is 5.69 Å². The molecule has 0 saturated carbocycles. The highest BCUT2D eigenvalue weighted by atomic mass is 32.2. The second kappa shape index (κ2) is 9.73. The smallest absolute Gasteiger partial charge is 0.232 e. The van der Waals surface area contributed by atoms with E-state index in [1.165, 1.54) is 16.1 Å². The van der Waals surface area contributed by atoms with E-state index in [9.17, 15) is 13.2 Å². The Hall–Kier alpha value is -2.34. The molecule has 0 spiro atoms. The van der Waals surface area contributed by atoms with Gasteiger partial charge in [0.25, 0.3) is 0 Å². The van der Waals surface area contributed by atoms with Crippen molar-refractivity contribution in [1.82, 2.24) is 5.32 Å². The molecule has 0 aliphatic rings. The van der Waals surface area contributed by atoms with E-state index in [4.69, 9.17) is 0 Å². The number of hydrogen-bond donors (Lipinski definition) is 1. The predicted octanol–water partition coefficient (Wildman–Crippen LogP) is 4.12. The maximum absolute atomic E-state index is 12.4. The second-order valence-electron chi connectivity index (χ2n) is 7.21. The molecule has 0 saturated heterocycles. The molecule has 0 aliphatic heterocycles. The van der Waals surface area contributed by atoms with Gasteiger partial charge in [0, 0.05) is 13.0 Å². The van der Waals surface area contributed by atoms with Gasteiger partial charge in [0.1, 0.15) is 0 Å². The predicted molar refractivity (Wildman–Crippen MR) is 115 cm³/mol. The number of carbonyl (C=O) groups excluding carboxylic acids is 1. The molecule has 2 rings (SSSR count). The quantitative estimate of drug-likeness (QED) is 0.686. The summed E-state index contributed by atoms with van der Waals surface area (Å²) in [5, 5.41) is 3.06. The molecule has 0 unspecified atom stereocenters. The fourth-order valence-corrected chi connectivity index (χ4v) is 4.03. The third-order valence-electron chi connectivity index (χ3n) is 4.71. The molecule has 28 heavy (non-hydrogen) atoms. The molecule has 0 heterocycles. The number of anilines is 1. The van der Waals surface area contributed by atoms with Gasteiger partial charge in [-0.2, -0.15) is 0 Å². The van der Waals surface area contributed by atoms with Crippen molar-refractivity contribution in [3.05, 3.63) is 65.2 Å². The number of hydrogen-bond acceptors (Lipinski definition) is 3. The molecule has 6 heteroatoms. The van der Waals surface area contributed by atoms with Gasteiger partial charge >= 0.3 is 0 Å². The standard InChI is InChI=1S/C22H30N2O3S/c1-5-21(19-12-8-17(2)9-13-19)23-22(25)7-6-16-24(28(4,26)27)20-14-10-18(3)11-15-20/h8-15,21H,5-7,16H2,1-4H3,(H,23,25)/t21-/m1/s1. The van der Waals surface area contributed by atoms with Crippen LogP contribution in [-0.4, -0.2) is 27.1 Å². The number of nitrogens with one attached hydrogen (secondary N) is 1. The van der Waals surface area contributed by atoms with Gasteiger partial charge in [-0.1, -0.05) is 54.4 Å². The minimum Gasteiger partial charge on any atom is -0.349 e. The van der Waals surface area contributed by atoms with Crippen LogP contribution in [0.25, 0.3) is 0 Å². The topological polar surface area (TPSA) is 66.5 Å². The number of nitrogens with zero attached hydrogens (tertiary/aromatic N) is 1. The first-order valence-electron chi connectivity index (χ1n) is 9.61. The van der Waals surface area contributed by atoms with E-state index in [1.54, 1.807) is 12.1 Å². The Balaban J connectivity index is 1.94. The average molecular weight is 403 g/mol. The van der Waals surface area contributed by atoms with Gasteiger partial charge in [-0.05, 0) is 44.4 Å². The second-order valence-corrected chi connectivity index (χ2v) is 9.12. The Labute approximate surface area is 168 Å². The molecule has 152 valence electrons. The summed E-state index contributed by atoms with van der Waals surface area (Å²) in [5.74, 6) is -0.0650. The summed E-state index contributed by atoms with van der Waals surface area (Å²) in [7, 11) is -3.40. The van der Waals surface area contributed by atoms with Crippen molar-refractivity contribution < 1.29 is 13.2 Å². The molecular formula is C22H30N2O3S. The van der Waals surface area contributed by atoms with Gasteiger partial charge in [-0.3, -0.25) is 9.10 Å². The van der Waals surface area contributed by atoms with E-state index >= 15 is 0 Å². The zero-order valence-electron chi connectivity index (χ0n) is 17.1. The minimum absolute atomic E-state index is 0.0313. The van der Waals surface area contributed by atoms with Crippen LogP contribution >= 0.6 is 0 Å². The maximum Gasteiger partial charge on any atom is 0.232 e. The highest BCUT2D eigenvalue weighted by Crippen LogP contribution is 2.20. The molecule has 1 atom stereocenters. The Kier molecular flexibility index (Phi) is 7.63. The first-order chi connectivity index (χ1) is 13.2. The van der Waals surface area contributed by atoms with Crippen LogP contribution in [0.2, 0.25) is 0 Å². The molecule has 2 aromatic rings. The van der Waals surface area contributed by atoms with Crippen LogP contribution in [0.1, 0.15) is 48.9 Å². The SMILES string of the molecule is CC[C@@H](NC(=O)CCCN(c1ccc(C)cc1)S(C)(=O)=O)c1ccc(C)cc1. The Morgan fingerprint density at radius 1 is 1.00 bits per heavy atom. The summed E-state index contributed by atoms with van der Waals surface area (Å²) in [6.07, 6.45) is 2.72. The first-order valence-corrected chi connectivity index (χ1v) is 11.5. The third-order valence-corrected chi connectivity index (χ3v) is 5.90. The molecule has 2 aromatic carbocycles. The number of benzene rings is 2. The van der Waals surface area contributed by atoms with Crippen molar-refractivity contribution in [1.29, 1.82) is 0 Å². The zero-order chi connectivity index (χ0) is 20.7. The van der Waals surface area contributed by atoms with Gasteiger partial charge in [-0.15, -0.1) is 0 Å². The van der Waals surface area contributed by atoms with E-state index in [1.807, 2.05) is 57.2 Å². The van der Waals surface area contributed by atoms with Gasteiger partial charge in [0.15, 0.2) is 0 Å². The van der Waals surface area contributed by atoms with Gasteiger partial charge in [0.05, 0.1) is 18.0 Å². The fourth-order valence-electron chi connectivity index (χ4n) is 3.07. The minimum atomic E-state index is -3.40. The first kappa shape index (κ1) is 22.0. The van der Waals surface area contributed by atoms with E-state index in [0.717, 1.165) is 17.5 Å². The molecule has 0 aromatic heterocycles. The lowest BCUT2D eigenvalue weighted by molar-refractivity contribution is -0.121. The van der Waals surface area contributed by atoms with Crippen molar-refractivity contribution in [3.8, 4) is 0 Å². The van der Waals surface area contributed by atoms with Crippen molar-refractivity contribution >= 4 is 21.6 Å². The molecule has 0 aliphatic carbocycles. The highest BCUT2D eigenvalue weighted by Gasteiger charge is 2.18. The van der Waals surface area contributed by atoms with Crippen LogP contribution in [0, 0.1) is 13.8 Å². The lowest BCUT2D eigenvalue weighted by Gasteiger charge is -2.23. The number of aryl methyl sites for hydroxylation is 2. The fraction of sp³-hybridized carbons (Fsp3) is 0.409. The van der Waals surface area contributed by atoms with Gasteiger partial charge in [-0.25, -0.2) is 8.42 Å². The highest BCUT2D eigenvalue weighted by molar-refractivity contribution is 7.92. The molecule has 1 amide bonds. The average Bonchev–Trinajstić information content (AvgIpc) is 2.64. The normalized spacial score (nSPS) is 12.4.